The molecule has 1 fully saturated rings. The Morgan fingerprint density at radius 3 is 2.47 bits per heavy atom. The van der Waals surface area contributed by atoms with E-state index in [0.29, 0.717) is 36.4 Å². The van der Waals surface area contributed by atoms with Gasteiger partial charge in [-0.15, -0.1) is 0 Å². The average Bonchev–Trinajstić information content (AvgIpc) is 3.03. The zero-order valence-corrected chi connectivity index (χ0v) is 18.1. The van der Waals surface area contributed by atoms with E-state index in [9.17, 15) is 24.8 Å². The van der Waals surface area contributed by atoms with Crippen LogP contribution in [0, 0.1) is 10.1 Å². The van der Waals surface area contributed by atoms with Crippen LogP contribution in [0.5, 0.6) is 5.75 Å². The van der Waals surface area contributed by atoms with Gasteiger partial charge in [-0.2, -0.15) is 0 Å². The number of ketones is 1. The largest absolute Gasteiger partial charge is 0.507 e. The molecule has 1 N–H and O–H groups in total. The second-order valence-electron chi connectivity index (χ2n) is 7.73. The Morgan fingerprint density at radius 2 is 1.88 bits per heavy atom. The van der Waals surface area contributed by atoms with Gasteiger partial charge < -0.3 is 19.6 Å². The second-order valence-corrected chi connectivity index (χ2v) is 7.73. The first-order chi connectivity index (χ1) is 15.2. The molecular formula is C23H25N3O6. The molecule has 1 saturated heterocycles. The van der Waals surface area contributed by atoms with E-state index in [1.165, 1.54) is 36.3 Å². The highest BCUT2D eigenvalue weighted by molar-refractivity contribution is 6.46. The highest BCUT2D eigenvalue weighted by atomic mass is 16.6. The minimum Gasteiger partial charge on any atom is -0.507 e. The van der Waals surface area contributed by atoms with E-state index in [1.807, 2.05) is 19.0 Å². The maximum Gasteiger partial charge on any atom is 0.295 e. The normalized spacial score (nSPS) is 17.8. The molecule has 1 heterocycles. The number of nitrogens with zero attached hydrogens (tertiary/aromatic N) is 3. The summed E-state index contributed by atoms with van der Waals surface area (Å²) in [5, 5.41) is 22.1. The summed E-state index contributed by atoms with van der Waals surface area (Å²) in [6.45, 7) is 0.991. The van der Waals surface area contributed by atoms with Crippen molar-refractivity contribution < 1.29 is 24.4 Å². The fourth-order valence-corrected chi connectivity index (χ4v) is 3.72. The Morgan fingerprint density at radius 1 is 1.19 bits per heavy atom. The van der Waals surface area contributed by atoms with Gasteiger partial charge in [0.2, 0.25) is 0 Å². The fraction of sp³-hybridized carbons (Fsp3) is 0.304. The number of likely N-dealkylation sites (tertiary alicyclic amines) is 1. The first-order valence-corrected chi connectivity index (χ1v) is 10.1. The molecule has 9 nitrogen and oxygen atoms in total. The van der Waals surface area contributed by atoms with Crippen molar-refractivity contribution in [3.8, 4) is 5.75 Å². The van der Waals surface area contributed by atoms with Gasteiger partial charge in [-0.3, -0.25) is 19.7 Å². The van der Waals surface area contributed by atoms with E-state index in [2.05, 4.69) is 0 Å². The van der Waals surface area contributed by atoms with Crippen LogP contribution in [0.25, 0.3) is 5.76 Å². The molecule has 0 aliphatic carbocycles. The number of carbonyl (C=O) groups excluding carboxylic acids is 2. The molecule has 0 radical (unpaired) electrons. The summed E-state index contributed by atoms with van der Waals surface area (Å²) in [5.74, 6) is -1.34. The molecule has 0 aromatic heterocycles. The maximum atomic E-state index is 13.0. The molecule has 0 spiro atoms. The Hall–Kier alpha value is -3.72. The van der Waals surface area contributed by atoms with E-state index in [1.54, 1.807) is 24.3 Å². The molecule has 1 aliphatic heterocycles. The number of amides is 1. The smallest absolute Gasteiger partial charge is 0.295 e. The topological polar surface area (TPSA) is 113 Å². The number of methoxy groups -OCH3 is 1. The van der Waals surface area contributed by atoms with E-state index in [0.717, 1.165) is 0 Å². The fourth-order valence-electron chi connectivity index (χ4n) is 3.72. The summed E-state index contributed by atoms with van der Waals surface area (Å²) < 4.78 is 5.19. The summed E-state index contributed by atoms with van der Waals surface area (Å²) in [6.07, 6.45) is 0.614. The van der Waals surface area contributed by atoms with Crippen LogP contribution in [0.1, 0.15) is 23.6 Å². The average molecular weight is 439 g/mol. The molecule has 168 valence electrons. The minimum absolute atomic E-state index is 0.0537. The van der Waals surface area contributed by atoms with Gasteiger partial charge in [-0.25, -0.2) is 0 Å². The number of aliphatic hydroxyl groups is 1. The molecule has 9 heteroatoms. The third-order valence-corrected chi connectivity index (χ3v) is 5.31. The van der Waals surface area contributed by atoms with Gasteiger partial charge in [0.05, 0.1) is 23.6 Å². The number of rotatable bonds is 8. The predicted octanol–water partition coefficient (Wildman–Crippen LogP) is 2.98. The van der Waals surface area contributed by atoms with Crippen molar-refractivity contribution in [3.05, 3.63) is 75.3 Å². The molecule has 32 heavy (non-hydrogen) atoms. The molecule has 0 bridgehead atoms. The van der Waals surface area contributed by atoms with Gasteiger partial charge in [0, 0.05) is 24.2 Å². The van der Waals surface area contributed by atoms with Crippen LogP contribution in [0.15, 0.2) is 54.1 Å². The van der Waals surface area contributed by atoms with Crippen LogP contribution >= 0.6 is 0 Å². The molecule has 2 aromatic rings. The monoisotopic (exact) mass is 439 g/mol. The van der Waals surface area contributed by atoms with Gasteiger partial charge >= 0.3 is 0 Å². The summed E-state index contributed by atoms with van der Waals surface area (Å²) in [7, 11) is 5.30. The van der Waals surface area contributed by atoms with Crippen LogP contribution < -0.4 is 4.74 Å². The zero-order valence-electron chi connectivity index (χ0n) is 18.1. The maximum absolute atomic E-state index is 13.0. The quantitative estimate of drug-likeness (QED) is 0.221. The Labute approximate surface area is 185 Å². The highest BCUT2D eigenvalue weighted by Gasteiger charge is 2.45. The predicted molar refractivity (Wildman–Crippen MR) is 118 cm³/mol. The highest BCUT2D eigenvalue weighted by Crippen LogP contribution is 2.40. The molecular weight excluding hydrogens is 414 g/mol. The third-order valence-electron chi connectivity index (χ3n) is 5.31. The van der Waals surface area contributed by atoms with E-state index in [4.69, 9.17) is 4.74 Å². The number of nitro groups is 1. The van der Waals surface area contributed by atoms with Crippen LogP contribution in [0.2, 0.25) is 0 Å². The van der Waals surface area contributed by atoms with Crippen LogP contribution in [0.4, 0.5) is 5.69 Å². The van der Waals surface area contributed by atoms with Crippen molar-refractivity contribution in [2.75, 3.05) is 34.3 Å². The molecule has 1 amide bonds. The molecule has 0 unspecified atom stereocenters. The van der Waals surface area contributed by atoms with E-state index < -0.39 is 22.7 Å². The van der Waals surface area contributed by atoms with Crippen molar-refractivity contribution in [2.24, 2.45) is 0 Å². The number of benzene rings is 2. The van der Waals surface area contributed by atoms with Crippen molar-refractivity contribution in [1.82, 2.24) is 9.80 Å². The van der Waals surface area contributed by atoms with Crippen molar-refractivity contribution in [3.63, 3.8) is 0 Å². The van der Waals surface area contributed by atoms with Crippen LogP contribution in [-0.4, -0.2) is 65.8 Å². The standard InChI is InChI=1S/C23H25N3O6/c1-24(2)12-5-13-25-20(15-8-10-17(11-9-15)26(30)31)19(22(28)23(25)29)21(27)16-6-4-7-18(14-16)32-3/h4,6-11,14,20,27H,5,12-13H2,1-3H3/t20-/m0/s1. The minimum atomic E-state index is -0.857. The molecule has 3 rings (SSSR count). The van der Waals surface area contributed by atoms with Gasteiger partial charge in [0.25, 0.3) is 17.4 Å². The summed E-state index contributed by atoms with van der Waals surface area (Å²) in [5.41, 5.74) is 0.680. The number of hydrogen-bond donors (Lipinski definition) is 1. The lowest BCUT2D eigenvalue weighted by atomic mass is 9.95. The van der Waals surface area contributed by atoms with Crippen LogP contribution in [0.3, 0.4) is 0 Å². The van der Waals surface area contributed by atoms with Gasteiger partial charge in [0.15, 0.2) is 0 Å². The van der Waals surface area contributed by atoms with E-state index >= 15 is 0 Å². The van der Waals surface area contributed by atoms with Crippen molar-refractivity contribution in [1.29, 1.82) is 0 Å². The van der Waals surface area contributed by atoms with Crippen molar-refractivity contribution in [2.45, 2.75) is 12.5 Å². The number of aliphatic hydroxyl groups excluding tert-OH is 1. The summed E-state index contributed by atoms with van der Waals surface area (Å²) in [6, 6.07) is 11.3. The summed E-state index contributed by atoms with van der Waals surface area (Å²) in [4.78, 5) is 39.8. The SMILES string of the molecule is COc1cccc(C(O)=C2C(=O)C(=O)N(CCCN(C)C)[C@H]2c2ccc([N+](=O)[O-])cc2)c1. The Balaban J connectivity index is 2.10. The number of nitro benzene ring substituents is 1. The molecule has 1 aliphatic rings. The Bertz CT molecular complexity index is 1060. The molecule has 0 saturated carbocycles. The number of non-ortho nitro benzene ring substituents is 1. The molecule has 1 atom stereocenters. The summed E-state index contributed by atoms with van der Waals surface area (Å²) >= 11 is 0. The first kappa shape index (κ1) is 23.0. The first-order valence-electron chi connectivity index (χ1n) is 10.1. The Kier molecular flexibility index (Phi) is 6.89. The second kappa shape index (κ2) is 9.61. The van der Waals surface area contributed by atoms with Crippen LogP contribution in [-0.2, 0) is 9.59 Å². The lowest BCUT2D eigenvalue weighted by molar-refractivity contribution is -0.384. The number of ether oxygens (including phenoxy) is 1. The van der Waals surface area contributed by atoms with E-state index in [-0.39, 0.29) is 17.0 Å². The van der Waals surface area contributed by atoms with Gasteiger partial charge in [0.1, 0.15) is 11.5 Å². The van der Waals surface area contributed by atoms with Crippen molar-refractivity contribution >= 4 is 23.1 Å². The number of carbonyl (C=O) groups is 2. The lowest BCUT2D eigenvalue weighted by Gasteiger charge is -2.26. The third kappa shape index (κ3) is 4.62. The number of hydrogen-bond acceptors (Lipinski definition) is 7. The van der Waals surface area contributed by atoms with Gasteiger partial charge in [-0.05, 0) is 56.9 Å². The lowest BCUT2D eigenvalue weighted by Crippen LogP contribution is -2.32. The van der Waals surface area contributed by atoms with Gasteiger partial charge in [-0.1, -0.05) is 12.1 Å². The number of Topliss-reactive ketones (excluding diaryl/α,β-unsaturated/α-hetero) is 1. The zero-order chi connectivity index (χ0) is 23.4. The molecule has 2 aromatic carbocycles.